The third kappa shape index (κ3) is 5.45. The predicted molar refractivity (Wildman–Crippen MR) is 139 cm³/mol. The van der Waals surface area contributed by atoms with Crippen LogP contribution >= 0.6 is 23.2 Å². The lowest BCUT2D eigenvalue weighted by molar-refractivity contribution is 0.0746. The number of halogens is 2. The van der Waals surface area contributed by atoms with Crippen molar-refractivity contribution in [2.75, 3.05) is 38.2 Å². The fourth-order valence-electron chi connectivity index (χ4n) is 4.54. The molecule has 0 unspecified atom stereocenters. The van der Waals surface area contributed by atoms with Gasteiger partial charge in [-0.05, 0) is 42.7 Å². The Hall–Kier alpha value is -2.67. The number of anilines is 1. The van der Waals surface area contributed by atoms with Gasteiger partial charge in [0.2, 0.25) is 0 Å². The van der Waals surface area contributed by atoms with Crippen molar-refractivity contribution in [3.8, 4) is 0 Å². The number of rotatable bonds is 7. The largest absolute Gasteiger partial charge is 0.378 e. The first-order valence-corrected chi connectivity index (χ1v) is 12.7. The maximum absolute atomic E-state index is 13.1. The van der Waals surface area contributed by atoms with Gasteiger partial charge in [-0.3, -0.25) is 4.79 Å². The summed E-state index contributed by atoms with van der Waals surface area (Å²) in [7, 11) is 1.70. The van der Waals surface area contributed by atoms with Gasteiger partial charge in [-0.25, -0.2) is 9.97 Å². The summed E-state index contributed by atoms with van der Waals surface area (Å²) in [5.74, 6) is 2.23. The number of amides is 1. The molecule has 0 bridgehead atoms. The van der Waals surface area contributed by atoms with Crippen LogP contribution in [0.1, 0.15) is 51.8 Å². The van der Waals surface area contributed by atoms with Crippen LogP contribution in [0.4, 0.5) is 5.82 Å². The van der Waals surface area contributed by atoms with Gasteiger partial charge in [0.25, 0.3) is 5.91 Å². The van der Waals surface area contributed by atoms with E-state index in [0.717, 1.165) is 41.3 Å². The van der Waals surface area contributed by atoms with E-state index < -0.39 is 0 Å². The normalized spacial score (nSPS) is 16.0. The van der Waals surface area contributed by atoms with Gasteiger partial charge in [0.15, 0.2) is 0 Å². The summed E-state index contributed by atoms with van der Waals surface area (Å²) in [5, 5.41) is 1.19. The fraction of sp³-hybridized carbons (Fsp3) is 0.370. The van der Waals surface area contributed by atoms with E-state index in [-0.39, 0.29) is 5.91 Å². The highest BCUT2D eigenvalue weighted by atomic mass is 35.5. The van der Waals surface area contributed by atoms with Gasteiger partial charge in [-0.15, -0.1) is 0 Å². The molecular formula is C27H28Cl2N4O2. The van der Waals surface area contributed by atoms with Gasteiger partial charge in [0.1, 0.15) is 11.6 Å². The standard InChI is InChI=1S/C27H28Cl2N4O2/c1-35-17-24-22(16-18-5-4-6-20(28)15-18)26(31-25(30-24)19-9-10-19)32-11-13-33(14-12-32)27(34)21-7-2-3-8-23(21)29/h2-8,15,19H,9-14,16-17H2,1H3. The SMILES string of the molecule is COCc1nc(C2CC2)nc(N2CCN(C(=O)c3ccccc3Cl)CC2)c1Cc1cccc(Cl)c1. The number of hydrogen-bond donors (Lipinski definition) is 0. The molecule has 2 aromatic carbocycles. The molecule has 0 atom stereocenters. The second kappa shape index (κ2) is 10.5. The molecule has 0 radical (unpaired) electrons. The molecule has 0 N–H and O–H groups in total. The van der Waals surface area contributed by atoms with Crippen LogP contribution in [-0.4, -0.2) is 54.1 Å². The van der Waals surface area contributed by atoms with Crippen LogP contribution in [0.15, 0.2) is 48.5 Å². The van der Waals surface area contributed by atoms with E-state index in [4.69, 9.17) is 37.9 Å². The molecule has 6 nitrogen and oxygen atoms in total. The highest BCUT2D eigenvalue weighted by Crippen LogP contribution is 2.40. The van der Waals surface area contributed by atoms with Crippen LogP contribution in [0.3, 0.4) is 0 Å². The number of hydrogen-bond acceptors (Lipinski definition) is 5. The molecule has 1 amide bonds. The molecule has 2 aliphatic rings. The number of benzene rings is 2. The lowest BCUT2D eigenvalue weighted by atomic mass is 10.0. The van der Waals surface area contributed by atoms with Crippen molar-refractivity contribution in [2.45, 2.75) is 31.8 Å². The zero-order valence-electron chi connectivity index (χ0n) is 19.7. The molecule has 3 aromatic rings. The van der Waals surface area contributed by atoms with Crippen LogP contribution in [-0.2, 0) is 17.8 Å². The Morgan fingerprint density at radius 3 is 2.49 bits per heavy atom. The van der Waals surface area contributed by atoms with Crippen molar-refractivity contribution < 1.29 is 9.53 Å². The van der Waals surface area contributed by atoms with Crippen molar-refractivity contribution in [3.05, 3.63) is 86.8 Å². The van der Waals surface area contributed by atoms with Crippen molar-refractivity contribution >= 4 is 34.9 Å². The first-order chi connectivity index (χ1) is 17.0. The summed E-state index contributed by atoms with van der Waals surface area (Å²) in [6, 6.07) is 15.1. The van der Waals surface area contributed by atoms with Crippen molar-refractivity contribution in [3.63, 3.8) is 0 Å². The van der Waals surface area contributed by atoms with E-state index in [1.54, 1.807) is 19.2 Å². The number of carbonyl (C=O) groups excluding carboxylic acids is 1. The summed E-state index contributed by atoms with van der Waals surface area (Å²) in [6.45, 7) is 3.00. The van der Waals surface area contributed by atoms with E-state index in [2.05, 4.69) is 11.0 Å². The van der Waals surface area contributed by atoms with E-state index in [0.29, 0.717) is 60.7 Å². The maximum atomic E-state index is 13.1. The van der Waals surface area contributed by atoms with Gasteiger partial charge >= 0.3 is 0 Å². The molecular weight excluding hydrogens is 483 g/mol. The number of carbonyl (C=O) groups is 1. The first-order valence-electron chi connectivity index (χ1n) is 12.0. The summed E-state index contributed by atoms with van der Waals surface area (Å²) in [6.07, 6.45) is 2.91. The van der Waals surface area contributed by atoms with Crippen LogP contribution < -0.4 is 4.90 Å². The Morgan fingerprint density at radius 2 is 1.80 bits per heavy atom. The van der Waals surface area contributed by atoms with Crippen molar-refractivity contribution in [1.82, 2.24) is 14.9 Å². The maximum Gasteiger partial charge on any atom is 0.255 e. The van der Waals surface area contributed by atoms with Crippen LogP contribution in [0, 0.1) is 0 Å². The fourth-order valence-corrected chi connectivity index (χ4v) is 4.97. The third-order valence-corrected chi connectivity index (χ3v) is 7.12. The first kappa shape index (κ1) is 24.0. The molecule has 1 saturated carbocycles. The Morgan fingerprint density at radius 1 is 1.03 bits per heavy atom. The monoisotopic (exact) mass is 510 g/mol. The lowest BCUT2D eigenvalue weighted by Gasteiger charge is -2.37. The summed E-state index contributed by atoms with van der Waals surface area (Å²) >= 11 is 12.5. The minimum Gasteiger partial charge on any atom is -0.378 e. The van der Waals surface area contributed by atoms with E-state index in [1.807, 2.05) is 35.2 Å². The average Bonchev–Trinajstić information content (AvgIpc) is 3.71. The summed E-state index contributed by atoms with van der Waals surface area (Å²) < 4.78 is 5.54. The molecule has 1 aromatic heterocycles. The topological polar surface area (TPSA) is 58.6 Å². The Balaban J connectivity index is 1.43. The molecule has 2 fully saturated rings. The summed E-state index contributed by atoms with van der Waals surface area (Å²) in [4.78, 5) is 27.2. The zero-order valence-corrected chi connectivity index (χ0v) is 21.2. The van der Waals surface area contributed by atoms with Gasteiger partial charge in [-0.2, -0.15) is 0 Å². The van der Waals surface area contributed by atoms with Crippen LogP contribution in [0.2, 0.25) is 10.0 Å². The second-order valence-corrected chi connectivity index (χ2v) is 9.95. The second-order valence-electron chi connectivity index (χ2n) is 9.10. The summed E-state index contributed by atoms with van der Waals surface area (Å²) in [5.41, 5.74) is 3.63. The van der Waals surface area contributed by atoms with E-state index in [9.17, 15) is 4.79 Å². The van der Waals surface area contributed by atoms with Crippen LogP contribution in [0.5, 0.6) is 0 Å². The van der Waals surface area contributed by atoms with Crippen LogP contribution in [0.25, 0.3) is 0 Å². The molecule has 182 valence electrons. The molecule has 8 heteroatoms. The molecule has 5 rings (SSSR count). The molecule has 0 spiro atoms. The zero-order chi connectivity index (χ0) is 24.4. The number of methoxy groups -OCH3 is 1. The van der Waals surface area contributed by atoms with Gasteiger partial charge in [0, 0.05) is 56.2 Å². The average molecular weight is 511 g/mol. The lowest BCUT2D eigenvalue weighted by Crippen LogP contribution is -2.49. The highest BCUT2D eigenvalue weighted by molar-refractivity contribution is 6.33. The molecule has 1 aliphatic heterocycles. The number of ether oxygens (including phenoxy) is 1. The number of piperazine rings is 1. The molecule has 1 saturated heterocycles. The smallest absolute Gasteiger partial charge is 0.255 e. The number of aromatic nitrogens is 2. The minimum atomic E-state index is -0.0316. The van der Waals surface area contributed by atoms with E-state index in [1.165, 1.54) is 0 Å². The van der Waals surface area contributed by atoms with E-state index >= 15 is 0 Å². The molecule has 1 aliphatic carbocycles. The quantitative estimate of drug-likeness (QED) is 0.428. The van der Waals surface area contributed by atoms with Crippen molar-refractivity contribution in [2.24, 2.45) is 0 Å². The molecule has 35 heavy (non-hydrogen) atoms. The van der Waals surface area contributed by atoms with Gasteiger partial charge in [0.05, 0.1) is 22.9 Å². The Bertz CT molecular complexity index is 1220. The van der Waals surface area contributed by atoms with Gasteiger partial charge < -0.3 is 14.5 Å². The predicted octanol–water partition coefficient (Wildman–Crippen LogP) is 5.36. The Labute approximate surface area is 215 Å². The molecule has 2 heterocycles. The Kier molecular flexibility index (Phi) is 7.23. The van der Waals surface area contributed by atoms with Gasteiger partial charge in [-0.1, -0.05) is 47.5 Å². The minimum absolute atomic E-state index is 0.0316. The third-order valence-electron chi connectivity index (χ3n) is 6.55. The highest BCUT2D eigenvalue weighted by Gasteiger charge is 2.31. The van der Waals surface area contributed by atoms with Crippen molar-refractivity contribution in [1.29, 1.82) is 0 Å². The number of nitrogens with zero attached hydrogens (tertiary/aromatic N) is 4.